The summed E-state index contributed by atoms with van der Waals surface area (Å²) >= 11 is 7.68. The van der Waals surface area contributed by atoms with Crippen LogP contribution in [0.15, 0.2) is 0 Å². The molecule has 3 saturated carbocycles. The number of thioether (sulfide) groups is 4. The maximum absolute atomic E-state index is 13.5. The van der Waals surface area contributed by atoms with Crippen molar-refractivity contribution in [3.8, 4) is 0 Å². The van der Waals surface area contributed by atoms with Gasteiger partial charge in [0.15, 0.2) is 0 Å². The molecule has 5 fully saturated rings. The molecule has 0 aromatic rings. The van der Waals surface area contributed by atoms with E-state index in [1.807, 2.05) is 60.9 Å². The summed E-state index contributed by atoms with van der Waals surface area (Å²) in [5, 5.41) is 0. The lowest BCUT2D eigenvalue weighted by Crippen LogP contribution is -2.71. The van der Waals surface area contributed by atoms with Crippen LogP contribution in [0.3, 0.4) is 0 Å². The second-order valence-electron chi connectivity index (χ2n) is 8.07. The number of esters is 2. The van der Waals surface area contributed by atoms with Crippen LogP contribution in [0.5, 0.6) is 0 Å². The average molecular weight is 463 g/mol. The summed E-state index contributed by atoms with van der Waals surface area (Å²) in [6.45, 7) is 4.64. The molecule has 2 unspecified atom stereocenters. The Morgan fingerprint density at radius 3 is 1.39 bits per heavy atom. The summed E-state index contributed by atoms with van der Waals surface area (Å²) in [5.74, 6) is 4.17. The van der Waals surface area contributed by atoms with Gasteiger partial charge in [0, 0.05) is 0 Å². The van der Waals surface area contributed by atoms with Crippen molar-refractivity contribution in [1.82, 2.24) is 0 Å². The van der Waals surface area contributed by atoms with Gasteiger partial charge in [-0.05, 0) is 75.4 Å². The summed E-state index contributed by atoms with van der Waals surface area (Å²) in [6, 6.07) is 0. The summed E-state index contributed by atoms with van der Waals surface area (Å²) < 4.78 is 10.9. The van der Waals surface area contributed by atoms with Crippen LogP contribution in [-0.4, -0.2) is 56.3 Å². The lowest BCUT2D eigenvalue weighted by Gasteiger charge is -2.68. The Kier molecular flexibility index (Phi) is 6.25. The van der Waals surface area contributed by atoms with E-state index in [-0.39, 0.29) is 20.1 Å². The molecule has 0 amide bonds. The summed E-state index contributed by atoms with van der Waals surface area (Å²) in [5.41, 5.74) is -0.991. The molecule has 3 aliphatic carbocycles. The van der Waals surface area contributed by atoms with E-state index in [0.717, 1.165) is 61.5 Å². The van der Waals surface area contributed by atoms with E-state index < -0.39 is 10.8 Å². The Hall–Kier alpha value is 0.340. The molecule has 28 heavy (non-hydrogen) atoms. The van der Waals surface area contributed by atoms with Gasteiger partial charge in [0.05, 0.1) is 32.2 Å². The van der Waals surface area contributed by atoms with Gasteiger partial charge in [0.1, 0.15) is 0 Å². The van der Waals surface area contributed by atoms with Gasteiger partial charge in [0.2, 0.25) is 0 Å². The second-order valence-corrected chi connectivity index (χ2v) is 14.2. The smallest absolute Gasteiger partial charge is 0.314 e. The van der Waals surface area contributed by atoms with Crippen LogP contribution in [0.1, 0.15) is 52.4 Å². The van der Waals surface area contributed by atoms with E-state index in [1.54, 1.807) is 0 Å². The molecule has 4 nitrogen and oxygen atoms in total. The number of fused-ring (bicyclic) bond motifs is 1. The fraction of sp³-hybridized carbons (Fsp3) is 0.900. The Morgan fingerprint density at radius 2 is 1.07 bits per heavy atom. The molecule has 2 bridgehead atoms. The SMILES string of the molecule is CCOC(=O)C12CCC(C(=O)OCC)(CC13SCCCS3)C1(C2)SCCCS1. The number of rotatable bonds is 4. The molecule has 0 radical (unpaired) electrons. The van der Waals surface area contributed by atoms with E-state index in [1.165, 1.54) is 0 Å². The van der Waals surface area contributed by atoms with Gasteiger partial charge >= 0.3 is 11.9 Å². The molecule has 2 aliphatic heterocycles. The minimum atomic E-state index is -0.496. The zero-order valence-electron chi connectivity index (χ0n) is 16.8. The van der Waals surface area contributed by atoms with Crippen LogP contribution in [0.25, 0.3) is 0 Å². The Labute approximate surface area is 185 Å². The van der Waals surface area contributed by atoms with Gasteiger partial charge in [-0.1, -0.05) is 0 Å². The third kappa shape index (κ3) is 2.98. The third-order valence-electron chi connectivity index (χ3n) is 6.76. The third-order valence-corrected chi connectivity index (χ3v) is 14.1. The highest BCUT2D eigenvalue weighted by molar-refractivity contribution is 8.19. The van der Waals surface area contributed by atoms with Gasteiger partial charge in [-0.3, -0.25) is 9.59 Å². The molecule has 2 saturated heterocycles. The van der Waals surface area contributed by atoms with Crippen molar-refractivity contribution in [1.29, 1.82) is 0 Å². The molecular weight excluding hydrogens is 432 g/mol. The molecule has 2 spiro atoms. The first-order chi connectivity index (χ1) is 13.5. The fourth-order valence-electron chi connectivity index (χ4n) is 5.49. The van der Waals surface area contributed by atoms with E-state index in [9.17, 15) is 9.59 Å². The largest absolute Gasteiger partial charge is 0.465 e. The highest BCUT2D eigenvalue weighted by Gasteiger charge is 2.78. The van der Waals surface area contributed by atoms with Crippen molar-refractivity contribution in [3.05, 3.63) is 0 Å². The Morgan fingerprint density at radius 1 is 0.714 bits per heavy atom. The topological polar surface area (TPSA) is 52.6 Å². The van der Waals surface area contributed by atoms with Crippen LogP contribution >= 0.6 is 47.0 Å². The molecule has 0 aromatic heterocycles. The Bertz CT molecular complexity index is 576. The van der Waals surface area contributed by atoms with Gasteiger partial charge in [-0.25, -0.2) is 0 Å². The zero-order valence-corrected chi connectivity index (χ0v) is 20.0. The van der Waals surface area contributed by atoms with Gasteiger partial charge in [-0.2, -0.15) is 0 Å². The number of hydrogen-bond acceptors (Lipinski definition) is 8. The first-order valence-electron chi connectivity index (χ1n) is 10.4. The van der Waals surface area contributed by atoms with Gasteiger partial charge in [0.25, 0.3) is 0 Å². The maximum Gasteiger partial charge on any atom is 0.314 e. The van der Waals surface area contributed by atoms with Gasteiger partial charge < -0.3 is 9.47 Å². The number of ether oxygens (including phenoxy) is 2. The van der Waals surface area contributed by atoms with Crippen LogP contribution < -0.4 is 0 Å². The van der Waals surface area contributed by atoms with E-state index >= 15 is 0 Å². The average Bonchev–Trinajstić information content (AvgIpc) is 2.71. The zero-order chi connectivity index (χ0) is 19.9. The van der Waals surface area contributed by atoms with E-state index in [2.05, 4.69) is 0 Å². The monoisotopic (exact) mass is 462 g/mol. The summed E-state index contributed by atoms with van der Waals surface area (Å²) in [7, 11) is 0. The van der Waals surface area contributed by atoms with Crippen molar-refractivity contribution in [2.75, 3.05) is 36.2 Å². The first kappa shape index (κ1) is 21.6. The van der Waals surface area contributed by atoms with Crippen LogP contribution in [0.2, 0.25) is 0 Å². The fourth-order valence-corrected chi connectivity index (χ4v) is 13.5. The number of hydrogen-bond donors (Lipinski definition) is 0. The highest BCUT2D eigenvalue weighted by atomic mass is 32.2. The highest BCUT2D eigenvalue weighted by Crippen LogP contribution is 2.78. The van der Waals surface area contributed by atoms with Crippen molar-refractivity contribution in [2.45, 2.75) is 60.5 Å². The minimum absolute atomic E-state index is 0.0276. The molecule has 0 N–H and O–H groups in total. The minimum Gasteiger partial charge on any atom is -0.465 e. The van der Waals surface area contributed by atoms with E-state index in [0.29, 0.717) is 13.2 Å². The van der Waals surface area contributed by atoms with Crippen molar-refractivity contribution >= 4 is 59.0 Å². The van der Waals surface area contributed by atoms with Crippen LogP contribution in [0.4, 0.5) is 0 Å². The van der Waals surface area contributed by atoms with Crippen LogP contribution in [0, 0.1) is 10.8 Å². The first-order valence-corrected chi connectivity index (χ1v) is 14.3. The van der Waals surface area contributed by atoms with Crippen molar-refractivity contribution in [2.24, 2.45) is 10.8 Å². The predicted octanol–water partition coefficient (Wildman–Crippen LogP) is 4.81. The molecule has 2 heterocycles. The lowest BCUT2D eigenvalue weighted by molar-refractivity contribution is -0.178. The van der Waals surface area contributed by atoms with E-state index in [4.69, 9.17) is 9.47 Å². The summed E-state index contributed by atoms with van der Waals surface area (Å²) in [6.07, 6.45) is 5.30. The Balaban J connectivity index is 1.83. The van der Waals surface area contributed by atoms with Crippen LogP contribution in [-0.2, 0) is 19.1 Å². The molecule has 5 aliphatic rings. The number of carbonyl (C=O) groups is 2. The second kappa shape index (κ2) is 8.12. The maximum atomic E-state index is 13.5. The summed E-state index contributed by atoms with van der Waals surface area (Å²) in [4.78, 5) is 27.0. The number of carbonyl (C=O) groups excluding carboxylic acids is 2. The van der Waals surface area contributed by atoms with Crippen molar-refractivity contribution in [3.63, 3.8) is 0 Å². The molecular formula is C20H30O4S4. The lowest BCUT2D eigenvalue weighted by atomic mass is 9.52. The van der Waals surface area contributed by atoms with Gasteiger partial charge in [-0.15, -0.1) is 47.0 Å². The molecule has 0 aromatic carbocycles. The predicted molar refractivity (Wildman–Crippen MR) is 121 cm³/mol. The standard InChI is InChI=1S/C20H30O4S4/c1-3-23-15(21)17-7-8-18(16(22)24-4-2,14-19(17)25-9-5-10-26-19)20(13-17)27-11-6-12-28-20/h3-14H2,1-2H3. The van der Waals surface area contributed by atoms with Crippen molar-refractivity contribution < 1.29 is 19.1 Å². The quantitative estimate of drug-likeness (QED) is 0.552. The molecule has 5 rings (SSSR count). The molecule has 8 heteroatoms. The molecule has 158 valence electrons. The molecule has 2 atom stereocenters. The normalized spacial score (nSPS) is 35.6.